The van der Waals surface area contributed by atoms with Crippen LogP contribution < -0.4 is 0 Å². The Kier molecular flexibility index (Phi) is 5.44. The lowest BCUT2D eigenvalue weighted by atomic mass is 9.84. The SMILES string of the molecule is O=C(C1CCC1)N1CCCN(C/C=C/c2ccc(F)cc2)CC1. The molecule has 4 heteroatoms. The van der Waals surface area contributed by atoms with E-state index in [0.717, 1.165) is 57.5 Å². The van der Waals surface area contributed by atoms with Crippen LogP contribution in [0.4, 0.5) is 4.39 Å². The molecule has 0 spiro atoms. The maximum Gasteiger partial charge on any atom is 0.225 e. The van der Waals surface area contributed by atoms with Crippen molar-refractivity contribution in [3.05, 3.63) is 41.7 Å². The van der Waals surface area contributed by atoms with Gasteiger partial charge in [-0.1, -0.05) is 30.7 Å². The molecule has 1 aliphatic heterocycles. The highest BCUT2D eigenvalue weighted by Gasteiger charge is 2.30. The summed E-state index contributed by atoms with van der Waals surface area (Å²) in [5.41, 5.74) is 1.02. The van der Waals surface area contributed by atoms with Gasteiger partial charge in [0.25, 0.3) is 0 Å². The summed E-state index contributed by atoms with van der Waals surface area (Å²) < 4.78 is 12.9. The molecule has 1 heterocycles. The molecule has 3 nitrogen and oxygen atoms in total. The molecule has 1 aromatic carbocycles. The average Bonchev–Trinajstić information content (AvgIpc) is 2.73. The van der Waals surface area contributed by atoms with Gasteiger partial charge in [0, 0.05) is 38.6 Å². The van der Waals surface area contributed by atoms with Crippen LogP contribution in [0.2, 0.25) is 0 Å². The molecule has 0 atom stereocenters. The number of hydrogen-bond donors (Lipinski definition) is 0. The van der Waals surface area contributed by atoms with Crippen molar-refractivity contribution in [2.24, 2.45) is 5.92 Å². The Labute approximate surface area is 137 Å². The first-order chi connectivity index (χ1) is 11.2. The Morgan fingerprint density at radius 2 is 1.87 bits per heavy atom. The molecule has 1 saturated carbocycles. The van der Waals surface area contributed by atoms with Crippen molar-refractivity contribution >= 4 is 12.0 Å². The van der Waals surface area contributed by atoms with Crippen LogP contribution in [0, 0.1) is 11.7 Å². The lowest BCUT2D eigenvalue weighted by molar-refractivity contribution is -0.138. The lowest BCUT2D eigenvalue weighted by Crippen LogP contribution is -2.41. The van der Waals surface area contributed by atoms with Gasteiger partial charge in [-0.2, -0.15) is 0 Å². The predicted molar refractivity (Wildman–Crippen MR) is 90.4 cm³/mol. The zero-order valence-electron chi connectivity index (χ0n) is 13.6. The normalized spacial score (nSPS) is 20.5. The quantitative estimate of drug-likeness (QED) is 0.852. The molecule has 2 fully saturated rings. The number of benzene rings is 1. The molecule has 1 saturated heterocycles. The van der Waals surface area contributed by atoms with E-state index in [1.54, 1.807) is 12.1 Å². The molecule has 1 amide bonds. The van der Waals surface area contributed by atoms with Gasteiger partial charge < -0.3 is 4.90 Å². The monoisotopic (exact) mass is 316 g/mol. The van der Waals surface area contributed by atoms with Crippen LogP contribution in [0.3, 0.4) is 0 Å². The number of rotatable bonds is 4. The highest BCUT2D eigenvalue weighted by molar-refractivity contribution is 5.79. The number of halogens is 1. The Hall–Kier alpha value is -1.68. The summed E-state index contributed by atoms with van der Waals surface area (Å²) in [6, 6.07) is 6.53. The maximum atomic E-state index is 12.9. The Balaban J connectivity index is 1.46. The van der Waals surface area contributed by atoms with E-state index >= 15 is 0 Å². The smallest absolute Gasteiger partial charge is 0.225 e. The van der Waals surface area contributed by atoms with E-state index in [9.17, 15) is 9.18 Å². The Bertz CT molecular complexity index is 551. The molecule has 0 N–H and O–H groups in total. The molecule has 23 heavy (non-hydrogen) atoms. The fourth-order valence-corrected chi connectivity index (χ4v) is 3.20. The summed E-state index contributed by atoms with van der Waals surface area (Å²) in [5, 5.41) is 0. The maximum absolute atomic E-state index is 12.9. The van der Waals surface area contributed by atoms with Crippen molar-refractivity contribution in [1.29, 1.82) is 0 Å². The number of amides is 1. The van der Waals surface area contributed by atoms with Gasteiger partial charge in [-0.25, -0.2) is 4.39 Å². The highest BCUT2D eigenvalue weighted by Crippen LogP contribution is 2.28. The fraction of sp³-hybridized carbons (Fsp3) is 0.526. The minimum atomic E-state index is -0.203. The third-order valence-electron chi connectivity index (χ3n) is 4.90. The number of hydrogen-bond acceptors (Lipinski definition) is 2. The standard InChI is InChI=1S/C19H25FN2O/c20-18-9-7-16(8-10-18)4-2-11-21-12-3-13-22(15-14-21)19(23)17-5-1-6-17/h2,4,7-10,17H,1,3,5-6,11-15H2/b4-2+. The lowest BCUT2D eigenvalue weighted by Gasteiger charge is -2.31. The largest absolute Gasteiger partial charge is 0.341 e. The third-order valence-corrected chi connectivity index (χ3v) is 4.90. The molecular formula is C19H25FN2O. The van der Waals surface area contributed by atoms with Gasteiger partial charge in [0.1, 0.15) is 5.82 Å². The molecule has 3 rings (SSSR count). The van der Waals surface area contributed by atoms with Gasteiger partial charge in [0.2, 0.25) is 5.91 Å². The van der Waals surface area contributed by atoms with E-state index in [-0.39, 0.29) is 5.82 Å². The molecule has 0 bridgehead atoms. The fourth-order valence-electron chi connectivity index (χ4n) is 3.20. The van der Waals surface area contributed by atoms with Gasteiger partial charge >= 0.3 is 0 Å². The molecular weight excluding hydrogens is 291 g/mol. The first-order valence-electron chi connectivity index (χ1n) is 8.65. The number of carbonyl (C=O) groups is 1. The number of nitrogens with zero attached hydrogens (tertiary/aromatic N) is 2. The van der Waals surface area contributed by atoms with Crippen molar-refractivity contribution in [2.75, 3.05) is 32.7 Å². The first-order valence-corrected chi connectivity index (χ1v) is 8.65. The van der Waals surface area contributed by atoms with E-state index < -0.39 is 0 Å². The zero-order chi connectivity index (χ0) is 16.1. The van der Waals surface area contributed by atoms with Crippen LogP contribution in [-0.4, -0.2) is 48.4 Å². The minimum Gasteiger partial charge on any atom is -0.341 e. The van der Waals surface area contributed by atoms with Crippen molar-refractivity contribution in [2.45, 2.75) is 25.7 Å². The highest BCUT2D eigenvalue weighted by atomic mass is 19.1. The summed E-state index contributed by atoms with van der Waals surface area (Å²) in [5.74, 6) is 0.478. The van der Waals surface area contributed by atoms with E-state index in [2.05, 4.69) is 15.9 Å². The summed E-state index contributed by atoms with van der Waals surface area (Å²) in [6.07, 6.45) is 8.57. The van der Waals surface area contributed by atoms with Gasteiger partial charge in [0.05, 0.1) is 0 Å². The van der Waals surface area contributed by atoms with E-state index in [1.165, 1.54) is 18.6 Å². The second-order valence-electron chi connectivity index (χ2n) is 6.56. The van der Waals surface area contributed by atoms with Crippen LogP contribution in [0.5, 0.6) is 0 Å². The van der Waals surface area contributed by atoms with Gasteiger partial charge in [0.15, 0.2) is 0 Å². The van der Waals surface area contributed by atoms with Crippen LogP contribution in [0.25, 0.3) is 6.08 Å². The Morgan fingerprint density at radius 1 is 1.09 bits per heavy atom. The summed E-state index contributed by atoms with van der Waals surface area (Å²) in [4.78, 5) is 16.8. The van der Waals surface area contributed by atoms with Crippen molar-refractivity contribution < 1.29 is 9.18 Å². The summed E-state index contributed by atoms with van der Waals surface area (Å²) in [6.45, 7) is 4.59. The first kappa shape index (κ1) is 16.2. The zero-order valence-corrected chi connectivity index (χ0v) is 13.6. The predicted octanol–water partition coefficient (Wildman–Crippen LogP) is 3.17. The molecule has 0 radical (unpaired) electrons. The van der Waals surface area contributed by atoms with E-state index in [4.69, 9.17) is 0 Å². The van der Waals surface area contributed by atoms with Gasteiger partial charge in [-0.15, -0.1) is 0 Å². The van der Waals surface area contributed by atoms with Crippen LogP contribution in [0.1, 0.15) is 31.2 Å². The third kappa shape index (κ3) is 4.41. The van der Waals surface area contributed by atoms with Crippen molar-refractivity contribution in [1.82, 2.24) is 9.80 Å². The molecule has 0 aromatic heterocycles. The topological polar surface area (TPSA) is 23.6 Å². The van der Waals surface area contributed by atoms with Crippen LogP contribution in [0.15, 0.2) is 30.3 Å². The van der Waals surface area contributed by atoms with E-state index in [1.807, 2.05) is 6.08 Å². The number of carbonyl (C=O) groups excluding carboxylic acids is 1. The molecule has 0 unspecified atom stereocenters. The summed E-state index contributed by atoms with van der Waals surface area (Å²) >= 11 is 0. The van der Waals surface area contributed by atoms with E-state index in [0.29, 0.717) is 11.8 Å². The molecule has 1 aromatic rings. The van der Waals surface area contributed by atoms with Crippen molar-refractivity contribution in [3.8, 4) is 0 Å². The molecule has 1 aliphatic carbocycles. The molecule has 124 valence electrons. The minimum absolute atomic E-state index is 0.203. The van der Waals surface area contributed by atoms with Crippen molar-refractivity contribution in [3.63, 3.8) is 0 Å². The Morgan fingerprint density at radius 3 is 2.57 bits per heavy atom. The average molecular weight is 316 g/mol. The van der Waals surface area contributed by atoms with Gasteiger partial charge in [-0.05, 0) is 37.0 Å². The summed E-state index contributed by atoms with van der Waals surface area (Å²) in [7, 11) is 0. The second-order valence-corrected chi connectivity index (χ2v) is 6.56. The van der Waals surface area contributed by atoms with Gasteiger partial charge in [-0.3, -0.25) is 9.69 Å². The molecule has 2 aliphatic rings. The van der Waals surface area contributed by atoms with Crippen LogP contribution in [-0.2, 0) is 4.79 Å². The second kappa shape index (κ2) is 7.73. The van der Waals surface area contributed by atoms with Crippen LogP contribution >= 0.6 is 0 Å².